The van der Waals surface area contributed by atoms with Crippen LogP contribution in [0.4, 0.5) is 0 Å². The average Bonchev–Trinajstić information content (AvgIpc) is 2.57. The third kappa shape index (κ3) is 9.66. The molecule has 0 saturated heterocycles. The third-order valence-corrected chi connectivity index (χ3v) is 4.93. The van der Waals surface area contributed by atoms with Crippen LogP contribution >= 0.6 is 0 Å². The van der Waals surface area contributed by atoms with E-state index in [1.165, 1.54) is 89.9 Å². The molecule has 0 radical (unpaired) electrons. The molecule has 1 rings (SSSR count). The summed E-state index contributed by atoms with van der Waals surface area (Å²) in [5, 5.41) is 0. The minimum Gasteiger partial charge on any atom is -0.434 e. The smallest absolute Gasteiger partial charge is 0.434 e. The summed E-state index contributed by atoms with van der Waals surface area (Å²) in [6, 6.07) is 0. The van der Waals surface area contributed by atoms with Crippen LogP contribution in [0.2, 0.25) is 0 Å². The van der Waals surface area contributed by atoms with Crippen LogP contribution in [0.5, 0.6) is 0 Å². The van der Waals surface area contributed by atoms with Crippen LogP contribution in [0.25, 0.3) is 0 Å². The zero-order valence-corrected chi connectivity index (χ0v) is 15.4. The Labute approximate surface area is 143 Å². The van der Waals surface area contributed by atoms with Crippen molar-refractivity contribution < 1.29 is 8.61 Å². The van der Waals surface area contributed by atoms with Gasteiger partial charge in [0, 0.05) is 6.42 Å². The summed E-state index contributed by atoms with van der Waals surface area (Å²) in [6.45, 7) is 3.05. The largest absolute Gasteiger partial charge is 0.471 e. The molecule has 22 heavy (non-hydrogen) atoms. The highest BCUT2D eigenvalue weighted by Gasteiger charge is 2.28. The fourth-order valence-electron chi connectivity index (χ4n) is 3.31. The molecule has 2 nitrogen and oxygen atoms in total. The zero-order valence-electron chi connectivity index (χ0n) is 14.6. The molecular formula is C19H36O2S. The van der Waals surface area contributed by atoms with Gasteiger partial charge in [0.25, 0.3) is 0 Å². The number of carbonyl (C=O) groups excluding carboxylic acids is 1. The second kappa shape index (κ2) is 14.3. The van der Waals surface area contributed by atoms with Crippen LogP contribution < -0.4 is 0 Å². The van der Waals surface area contributed by atoms with Gasteiger partial charge in [0.15, 0.2) is 6.61 Å². The zero-order chi connectivity index (χ0) is 15.9. The quantitative estimate of drug-likeness (QED) is 0.189. The Bertz CT molecular complexity index is 273. The topological polar surface area (TPSA) is 20.5 Å². The highest BCUT2D eigenvalue weighted by molar-refractivity contribution is 7.50. The van der Waals surface area contributed by atoms with E-state index in [9.17, 15) is 0 Å². The molecule has 0 aromatic carbocycles. The number of ether oxygens (including phenoxy) is 1. The summed E-state index contributed by atoms with van der Waals surface area (Å²) in [4.78, 5) is 0. The maximum atomic E-state index is 5.79. The fraction of sp³-hybridized carbons (Fsp3) is 0.947. The number of rotatable bonds is 12. The number of hydrogen-bond donors (Lipinski definition) is 0. The molecule has 1 aliphatic rings. The number of unbranched alkanes of at least 4 members (excludes halogenated alkanes) is 9. The van der Waals surface area contributed by atoms with Crippen LogP contribution in [0.1, 0.15) is 103 Å². The van der Waals surface area contributed by atoms with E-state index in [1.807, 2.05) is 0 Å². The maximum Gasteiger partial charge on any atom is 0.471 e. The first-order valence-electron chi connectivity index (χ1n) is 9.68. The van der Waals surface area contributed by atoms with Crippen LogP contribution in [0.15, 0.2) is 0 Å². The van der Waals surface area contributed by atoms with Crippen molar-refractivity contribution in [2.45, 2.75) is 103 Å². The van der Waals surface area contributed by atoms with Crippen molar-refractivity contribution in [2.75, 3.05) is 6.61 Å². The van der Waals surface area contributed by atoms with E-state index in [-0.39, 0.29) is 0 Å². The van der Waals surface area contributed by atoms with Gasteiger partial charge in [-0.2, -0.15) is 0 Å². The Kier molecular flexibility index (Phi) is 12.8. The van der Waals surface area contributed by atoms with Gasteiger partial charge in [-0.15, -0.1) is 0 Å². The predicted molar refractivity (Wildman–Crippen MR) is 96.7 cm³/mol. The highest BCUT2D eigenvalue weighted by Crippen LogP contribution is 2.25. The van der Waals surface area contributed by atoms with E-state index >= 15 is 0 Å². The highest BCUT2D eigenvalue weighted by atomic mass is 32.1. The standard InChI is InChI=1S/C19H36O2S/c1-2-3-4-5-6-7-8-9-10-14-17-20-19(21-22)18-15-12-11-13-16-18/h18H,2-17H2,1H3. The van der Waals surface area contributed by atoms with Crippen molar-refractivity contribution in [3.63, 3.8) is 0 Å². The van der Waals surface area contributed by atoms with Crippen molar-refractivity contribution in [3.8, 4) is 0 Å². The Morgan fingerprint density at radius 2 is 1.41 bits per heavy atom. The SMILES string of the molecule is CCCCCCCCCCCCOC(=[O+][S-])C1CCCCC1. The molecule has 0 heterocycles. The van der Waals surface area contributed by atoms with Crippen molar-refractivity contribution in [1.82, 2.24) is 0 Å². The Morgan fingerprint density at radius 1 is 0.864 bits per heavy atom. The molecule has 0 bridgehead atoms. The van der Waals surface area contributed by atoms with Crippen LogP contribution in [-0.2, 0) is 21.5 Å². The lowest BCUT2D eigenvalue weighted by Gasteiger charge is -2.17. The summed E-state index contributed by atoms with van der Waals surface area (Å²) in [6.07, 6.45) is 19.8. The van der Waals surface area contributed by atoms with Gasteiger partial charge >= 0.3 is 5.97 Å². The second-order valence-corrected chi connectivity index (χ2v) is 6.93. The lowest BCUT2D eigenvalue weighted by atomic mass is 9.89. The lowest BCUT2D eigenvalue weighted by Crippen LogP contribution is -2.22. The summed E-state index contributed by atoms with van der Waals surface area (Å²) in [7, 11) is 0. The fourth-order valence-corrected chi connectivity index (χ4v) is 3.49. The Balaban J connectivity index is 1.89. The molecule has 130 valence electrons. The number of esters is 1. The molecule has 3 heteroatoms. The lowest BCUT2D eigenvalue weighted by molar-refractivity contribution is -0.266. The molecule has 1 saturated carbocycles. The van der Waals surface area contributed by atoms with Crippen molar-refractivity contribution in [1.29, 1.82) is 0 Å². The molecule has 1 fully saturated rings. The average molecular weight is 329 g/mol. The Hall–Kier alpha value is -0.310. The van der Waals surface area contributed by atoms with Gasteiger partial charge < -0.3 is 21.5 Å². The van der Waals surface area contributed by atoms with E-state index < -0.39 is 0 Å². The summed E-state index contributed by atoms with van der Waals surface area (Å²) < 4.78 is 10.9. The van der Waals surface area contributed by atoms with Gasteiger partial charge in [0.1, 0.15) is 5.92 Å². The summed E-state index contributed by atoms with van der Waals surface area (Å²) in [5.41, 5.74) is 0. The van der Waals surface area contributed by atoms with Crippen molar-refractivity contribution >= 4 is 18.9 Å². The van der Waals surface area contributed by atoms with Gasteiger partial charge in [-0.1, -0.05) is 77.6 Å². The van der Waals surface area contributed by atoms with E-state index in [0.717, 1.165) is 19.0 Å². The van der Waals surface area contributed by atoms with E-state index in [1.54, 1.807) is 0 Å². The van der Waals surface area contributed by atoms with Gasteiger partial charge in [-0.3, -0.25) is 0 Å². The van der Waals surface area contributed by atoms with Gasteiger partial charge in [0.05, 0.1) is 0 Å². The molecule has 1 aliphatic carbocycles. The first-order valence-corrected chi connectivity index (χ1v) is 10.0. The van der Waals surface area contributed by atoms with Crippen molar-refractivity contribution in [3.05, 3.63) is 0 Å². The monoisotopic (exact) mass is 328 g/mol. The van der Waals surface area contributed by atoms with Gasteiger partial charge in [-0.05, 0) is 19.3 Å². The molecule has 0 amide bonds. The van der Waals surface area contributed by atoms with Gasteiger partial charge in [0.2, 0.25) is 0 Å². The molecule has 0 spiro atoms. The maximum absolute atomic E-state index is 5.79. The van der Waals surface area contributed by atoms with Gasteiger partial charge in [-0.25, -0.2) is 0 Å². The molecule has 0 atom stereocenters. The molecular weight excluding hydrogens is 292 g/mol. The minimum atomic E-state index is 0.453. The minimum absolute atomic E-state index is 0.453. The molecule has 0 aromatic rings. The van der Waals surface area contributed by atoms with E-state index in [0.29, 0.717) is 5.92 Å². The molecule has 0 unspecified atom stereocenters. The Morgan fingerprint density at radius 3 is 1.95 bits per heavy atom. The molecule has 0 aromatic heterocycles. The first kappa shape index (κ1) is 19.7. The van der Waals surface area contributed by atoms with Crippen LogP contribution in [0.3, 0.4) is 0 Å². The van der Waals surface area contributed by atoms with E-state index in [2.05, 4.69) is 6.92 Å². The van der Waals surface area contributed by atoms with Crippen LogP contribution in [0, 0.1) is 5.92 Å². The second-order valence-electron chi connectivity index (χ2n) is 6.77. The van der Waals surface area contributed by atoms with Crippen molar-refractivity contribution in [2.24, 2.45) is 5.92 Å². The predicted octanol–water partition coefficient (Wildman–Crippen LogP) is 6.03. The first-order chi connectivity index (χ1) is 10.9. The molecule has 0 N–H and O–H groups in total. The normalized spacial score (nSPS) is 16.9. The molecule has 0 aliphatic heterocycles. The summed E-state index contributed by atoms with van der Waals surface area (Å²) in [5.74, 6) is 1.18. The van der Waals surface area contributed by atoms with Crippen LogP contribution in [-0.4, -0.2) is 12.6 Å². The summed E-state index contributed by atoms with van der Waals surface area (Å²) >= 11 is 4.77. The third-order valence-electron chi connectivity index (χ3n) is 4.76. The number of hydrogen-bond acceptors (Lipinski definition) is 2. The van der Waals surface area contributed by atoms with E-state index in [4.69, 9.17) is 21.5 Å².